The lowest BCUT2D eigenvalue weighted by Gasteiger charge is -2.10. The van der Waals surface area contributed by atoms with E-state index in [9.17, 15) is 4.79 Å². The maximum Gasteiger partial charge on any atom is 0.276 e. The summed E-state index contributed by atoms with van der Waals surface area (Å²) in [6.45, 7) is 2.56. The van der Waals surface area contributed by atoms with Gasteiger partial charge in [0.2, 0.25) is 0 Å². The largest absolute Gasteiger partial charge is 0.496 e. The van der Waals surface area contributed by atoms with Crippen molar-refractivity contribution in [3.05, 3.63) is 76.4 Å². The average molecular weight is 397 g/mol. The van der Waals surface area contributed by atoms with Gasteiger partial charge in [-0.15, -0.1) is 10.2 Å². The van der Waals surface area contributed by atoms with Crippen molar-refractivity contribution in [2.75, 3.05) is 24.3 Å². The molecule has 6 nitrogen and oxygen atoms in total. The highest BCUT2D eigenvalue weighted by atomic mass is 35.5. The van der Waals surface area contributed by atoms with Crippen molar-refractivity contribution in [1.82, 2.24) is 10.2 Å². The van der Waals surface area contributed by atoms with Crippen LogP contribution in [0.4, 0.5) is 11.5 Å². The Morgan fingerprint density at radius 1 is 1.11 bits per heavy atom. The molecule has 1 heterocycles. The van der Waals surface area contributed by atoms with Gasteiger partial charge in [0.05, 0.1) is 7.11 Å². The Kier molecular flexibility index (Phi) is 6.45. The zero-order valence-corrected chi connectivity index (χ0v) is 16.5. The standard InChI is InChI=1S/C21H21ClN4O2/c1-14-7-8-16(22)13-18(14)24-21(27)17-9-10-20(26-25-17)23-12-11-15-5-3-4-6-19(15)28-2/h3-10,13H,11-12H2,1-2H3,(H,23,26)(H,24,27). The lowest BCUT2D eigenvalue weighted by molar-refractivity contribution is 0.102. The van der Waals surface area contributed by atoms with E-state index in [1.54, 1.807) is 31.4 Å². The Morgan fingerprint density at radius 3 is 2.68 bits per heavy atom. The molecule has 0 unspecified atom stereocenters. The van der Waals surface area contributed by atoms with E-state index < -0.39 is 0 Å². The molecule has 7 heteroatoms. The van der Waals surface area contributed by atoms with Gasteiger partial charge >= 0.3 is 0 Å². The zero-order valence-electron chi connectivity index (χ0n) is 15.7. The molecule has 3 rings (SSSR count). The van der Waals surface area contributed by atoms with E-state index in [4.69, 9.17) is 16.3 Å². The fraction of sp³-hybridized carbons (Fsp3) is 0.190. The number of aryl methyl sites for hydroxylation is 1. The molecule has 28 heavy (non-hydrogen) atoms. The SMILES string of the molecule is COc1ccccc1CCNc1ccc(C(=O)Nc2cc(Cl)ccc2C)nn1. The zero-order chi connectivity index (χ0) is 19.9. The van der Waals surface area contributed by atoms with Crippen molar-refractivity contribution < 1.29 is 9.53 Å². The molecule has 0 aliphatic rings. The third-order valence-electron chi connectivity index (χ3n) is 4.24. The number of benzene rings is 2. The Morgan fingerprint density at radius 2 is 1.93 bits per heavy atom. The summed E-state index contributed by atoms with van der Waals surface area (Å²) in [5, 5.41) is 14.6. The van der Waals surface area contributed by atoms with E-state index in [-0.39, 0.29) is 11.6 Å². The molecule has 144 valence electrons. The first-order valence-electron chi connectivity index (χ1n) is 8.84. The number of para-hydroxylation sites is 1. The highest BCUT2D eigenvalue weighted by molar-refractivity contribution is 6.31. The van der Waals surface area contributed by atoms with Gasteiger partial charge in [0.1, 0.15) is 11.6 Å². The predicted octanol–water partition coefficient (Wildman–Crippen LogP) is 4.35. The number of nitrogens with zero attached hydrogens (tertiary/aromatic N) is 2. The lowest BCUT2D eigenvalue weighted by atomic mass is 10.1. The van der Waals surface area contributed by atoms with Crippen LogP contribution in [0.1, 0.15) is 21.6 Å². The number of halogens is 1. The summed E-state index contributed by atoms with van der Waals surface area (Å²) in [6, 6.07) is 16.6. The van der Waals surface area contributed by atoms with Crippen LogP contribution in [0.3, 0.4) is 0 Å². The van der Waals surface area contributed by atoms with E-state index in [0.717, 1.165) is 23.3 Å². The maximum absolute atomic E-state index is 12.4. The van der Waals surface area contributed by atoms with E-state index in [1.807, 2.05) is 37.3 Å². The molecule has 0 saturated heterocycles. The molecule has 1 aromatic heterocycles. The predicted molar refractivity (Wildman–Crippen MR) is 111 cm³/mol. The summed E-state index contributed by atoms with van der Waals surface area (Å²) < 4.78 is 5.35. The minimum absolute atomic E-state index is 0.231. The molecular weight excluding hydrogens is 376 g/mol. The number of carbonyl (C=O) groups excluding carboxylic acids is 1. The molecule has 2 N–H and O–H groups in total. The molecule has 0 bridgehead atoms. The van der Waals surface area contributed by atoms with Crippen LogP contribution in [0.25, 0.3) is 0 Å². The van der Waals surface area contributed by atoms with Crippen LogP contribution in [-0.4, -0.2) is 29.8 Å². The number of rotatable bonds is 7. The van der Waals surface area contributed by atoms with Gasteiger partial charge in [-0.05, 0) is 54.8 Å². The summed E-state index contributed by atoms with van der Waals surface area (Å²) in [4.78, 5) is 12.4. The number of aromatic nitrogens is 2. The third kappa shape index (κ3) is 4.98. The maximum atomic E-state index is 12.4. The number of anilines is 2. The second kappa shape index (κ2) is 9.19. The molecule has 0 aliphatic heterocycles. The average Bonchev–Trinajstić information content (AvgIpc) is 2.71. The Balaban J connectivity index is 1.57. The summed E-state index contributed by atoms with van der Waals surface area (Å²) in [5.41, 5.74) is 2.91. The van der Waals surface area contributed by atoms with Gasteiger partial charge in [0.15, 0.2) is 5.69 Å². The first-order valence-corrected chi connectivity index (χ1v) is 9.21. The fourth-order valence-corrected chi connectivity index (χ4v) is 2.87. The fourth-order valence-electron chi connectivity index (χ4n) is 2.70. The molecule has 0 saturated carbocycles. The molecule has 1 amide bonds. The minimum atomic E-state index is -0.335. The molecule has 0 aliphatic carbocycles. The molecule has 0 radical (unpaired) electrons. The van der Waals surface area contributed by atoms with Crippen LogP contribution in [0, 0.1) is 6.92 Å². The Hall–Kier alpha value is -3.12. The minimum Gasteiger partial charge on any atom is -0.496 e. The number of methoxy groups -OCH3 is 1. The van der Waals surface area contributed by atoms with Crippen LogP contribution < -0.4 is 15.4 Å². The molecule has 0 atom stereocenters. The van der Waals surface area contributed by atoms with Crippen LogP contribution in [0.5, 0.6) is 5.75 Å². The topological polar surface area (TPSA) is 76.1 Å². The van der Waals surface area contributed by atoms with E-state index in [2.05, 4.69) is 20.8 Å². The van der Waals surface area contributed by atoms with Crippen molar-refractivity contribution in [2.45, 2.75) is 13.3 Å². The summed E-state index contributed by atoms with van der Waals surface area (Å²) in [7, 11) is 1.66. The Labute approximate surface area is 168 Å². The van der Waals surface area contributed by atoms with Gasteiger partial charge in [0.25, 0.3) is 5.91 Å². The van der Waals surface area contributed by atoms with Crippen molar-refractivity contribution in [1.29, 1.82) is 0 Å². The van der Waals surface area contributed by atoms with Crippen molar-refractivity contribution in [3.63, 3.8) is 0 Å². The van der Waals surface area contributed by atoms with Crippen LogP contribution in [-0.2, 0) is 6.42 Å². The highest BCUT2D eigenvalue weighted by Gasteiger charge is 2.11. The quantitative estimate of drug-likeness (QED) is 0.620. The first kappa shape index (κ1) is 19.6. The molecule has 3 aromatic rings. The van der Waals surface area contributed by atoms with Gasteiger partial charge in [0, 0.05) is 17.3 Å². The monoisotopic (exact) mass is 396 g/mol. The molecule has 0 fully saturated rings. The Bertz CT molecular complexity index is 961. The third-order valence-corrected chi connectivity index (χ3v) is 4.47. The number of hydrogen-bond donors (Lipinski definition) is 2. The number of amides is 1. The van der Waals surface area contributed by atoms with Gasteiger partial charge < -0.3 is 15.4 Å². The molecule has 2 aromatic carbocycles. The molecule has 0 spiro atoms. The lowest BCUT2D eigenvalue weighted by Crippen LogP contribution is -2.16. The normalized spacial score (nSPS) is 10.4. The molecular formula is C21H21ClN4O2. The van der Waals surface area contributed by atoms with Gasteiger partial charge in [-0.25, -0.2) is 0 Å². The van der Waals surface area contributed by atoms with Crippen LogP contribution in [0.15, 0.2) is 54.6 Å². The smallest absolute Gasteiger partial charge is 0.276 e. The van der Waals surface area contributed by atoms with E-state index >= 15 is 0 Å². The number of hydrogen-bond acceptors (Lipinski definition) is 5. The van der Waals surface area contributed by atoms with Crippen molar-refractivity contribution in [2.24, 2.45) is 0 Å². The van der Waals surface area contributed by atoms with Crippen LogP contribution in [0.2, 0.25) is 5.02 Å². The van der Waals surface area contributed by atoms with E-state index in [1.165, 1.54) is 0 Å². The van der Waals surface area contributed by atoms with E-state index in [0.29, 0.717) is 23.1 Å². The van der Waals surface area contributed by atoms with Gasteiger partial charge in [-0.3, -0.25) is 4.79 Å². The summed E-state index contributed by atoms with van der Waals surface area (Å²) in [6.07, 6.45) is 0.780. The van der Waals surface area contributed by atoms with Gasteiger partial charge in [-0.2, -0.15) is 0 Å². The summed E-state index contributed by atoms with van der Waals surface area (Å²) >= 11 is 5.98. The highest BCUT2D eigenvalue weighted by Crippen LogP contribution is 2.21. The first-order chi connectivity index (χ1) is 13.6. The van der Waals surface area contributed by atoms with Crippen LogP contribution >= 0.6 is 11.6 Å². The summed E-state index contributed by atoms with van der Waals surface area (Å²) in [5.74, 6) is 1.13. The number of nitrogens with one attached hydrogen (secondary N) is 2. The van der Waals surface area contributed by atoms with Gasteiger partial charge in [-0.1, -0.05) is 35.9 Å². The number of carbonyl (C=O) groups is 1. The van der Waals surface area contributed by atoms with Crippen molar-refractivity contribution in [3.8, 4) is 5.75 Å². The number of ether oxygens (including phenoxy) is 1. The van der Waals surface area contributed by atoms with Crippen molar-refractivity contribution >= 4 is 29.0 Å². The second-order valence-electron chi connectivity index (χ2n) is 6.21. The second-order valence-corrected chi connectivity index (χ2v) is 6.64.